The lowest BCUT2D eigenvalue weighted by molar-refractivity contribution is -0.218. The SMILES string of the molecule is Cc1ccc(S[C@H]2[C@@H](OCc3ccccc3)[C@H](OCc3ccccc3)[C@@H](COCc3ccccc3)O[C@@H]2c2ccccc2)cc1. The van der Waals surface area contributed by atoms with Crippen LogP contribution in [-0.2, 0) is 38.8 Å². The molecule has 5 aromatic rings. The fraction of sp³-hybridized carbons (Fsp3) is 0.250. The van der Waals surface area contributed by atoms with Gasteiger partial charge in [0.2, 0.25) is 0 Å². The third-order valence-corrected chi connectivity index (χ3v) is 9.35. The van der Waals surface area contributed by atoms with Gasteiger partial charge in [0, 0.05) is 4.90 Å². The lowest BCUT2D eigenvalue weighted by Gasteiger charge is -2.46. The minimum Gasteiger partial charge on any atom is -0.374 e. The largest absolute Gasteiger partial charge is 0.374 e. The van der Waals surface area contributed by atoms with E-state index in [1.165, 1.54) is 10.5 Å². The predicted octanol–water partition coefficient (Wildman–Crippen LogP) is 8.98. The zero-order chi connectivity index (χ0) is 30.7. The minimum absolute atomic E-state index is 0.0787. The number of rotatable bonds is 13. The Bertz CT molecular complexity index is 1550. The molecule has 0 radical (unpaired) electrons. The average molecular weight is 617 g/mol. The molecule has 1 saturated heterocycles. The van der Waals surface area contributed by atoms with E-state index in [1.807, 2.05) is 48.5 Å². The second-order valence-corrected chi connectivity index (χ2v) is 12.7. The maximum atomic E-state index is 7.05. The zero-order valence-corrected chi connectivity index (χ0v) is 26.4. The number of ether oxygens (including phenoxy) is 4. The topological polar surface area (TPSA) is 36.9 Å². The van der Waals surface area contributed by atoms with Crippen molar-refractivity contribution in [2.45, 2.75) is 61.3 Å². The molecule has 4 nitrogen and oxygen atoms in total. The van der Waals surface area contributed by atoms with E-state index in [9.17, 15) is 0 Å². The van der Waals surface area contributed by atoms with Crippen molar-refractivity contribution in [2.75, 3.05) is 6.61 Å². The first-order valence-corrected chi connectivity index (χ1v) is 16.5. The lowest BCUT2D eigenvalue weighted by atomic mass is 9.92. The third-order valence-electron chi connectivity index (χ3n) is 8.02. The van der Waals surface area contributed by atoms with Crippen molar-refractivity contribution in [3.63, 3.8) is 0 Å². The number of benzene rings is 5. The third kappa shape index (κ3) is 8.72. The van der Waals surface area contributed by atoms with Gasteiger partial charge in [-0.25, -0.2) is 0 Å². The number of aryl methyl sites for hydroxylation is 1. The van der Waals surface area contributed by atoms with Gasteiger partial charge in [0.15, 0.2) is 0 Å². The molecule has 0 amide bonds. The van der Waals surface area contributed by atoms with Crippen LogP contribution in [0.3, 0.4) is 0 Å². The molecule has 0 unspecified atom stereocenters. The summed E-state index contributed by atoms with van der Waals surface area (Å²) in [7, 11) is 0. The van der Waals surface area contributed by atoms with Crippen molar-refractivity contribution in [1.82, 2.24) is 0 Å². The Balaban J connectivity index is 1.35. The molecule has 1 heterocycles. The van der Waals surface area contributed by atoms with Crippen LogP contribution >= 0.6 is 11.8 Å². The summed E-state index contributed by atoms with van der Waals surface area (Å²) in [5.74, 6) is 0. The van der Waals surface area contributed by atoms with Crippen molar-refractivity contribution < 1.29 is 18.9 Å². The minimum atomic E-state index is -0.368. The summed E-state index contributed by atoms with van der Waals surface area (Å²) in [6.45, 7) is 3.92. The summed E-state index contributed by atoms with van der Waals surface area (Å²) in [6.07, 6.45) is -1.24. The maximum Gasteiger partial charge on any atom is 0.114 e. The highest BCUT2D eigenvalue weighted by Crippen LogP contribution is 2.44. The molecule has 230 valence electrons. The van der Waals surface area contributed by atoms with Crippen molar-refractivity contribution in [2.24, 2.45) is 0 Å². The van der Waals surface area contributed by atoms with Crippen LogP contribution in [0.25, 0.3) is 0 Å². The van der Waals surface area contributed by atoms with Gasteiger partial charge in [0.1, 0.15) is 18.3 Å². The fourth-order valence-corrected chi connectivity index (χ4v) is 6.97. The molecule has 1 aliphatic rings. The van der Waals surface area contributed by atoms with E-state index in [0.29, 0.717) is 26.4 Å². The van der Waals surface area contributed by atoms with Crippen LogP contribution in [0.5, 0.6) is 0 Å². The highest BCUT2D eigenvalue weighted by Gasteiger charge is 2.48. The lowest BCUT2D eigenvalue weighted by Crippen LogP contribution is -2.56. The molecule has 0 bridgehead atoms. The smallest absolute Gasteiger partial charge is 0.114 e. The molecule has 5 aromatic carbocycles. The van der Waals surface area contributed by atoms with Gasteiger partial charge in [0.05, 0.1) is 37.8 Å². The van der Waals surface area contributed by atoms with Gasteiger partial charge in [0.25, 0.3) is 0 Å². The summed E-state index contributed by atoms with van der Waals surface area (Å²) in [5.41, 5.74) is 5.70. The highest BCUT2D eigenvalue weighted by molar-refractivity contribution is 8.00. The van der Waals surface area contributed by atoms with Crippen molar-refractivity contribution in [1.29, 1.82) is 0 Å². The van der Waals surface area contributed by atoms with E-state index in [-0.39, 0.29) is 29.7 Å². The molecule has 0 spiro atoms. The van der Waals surface area contributed by atoms with Crippen LogP contribution in [0.4, 0.5) is 0 Å². The number of thioether (sulfide) groups is 1. The summed E-state index contributed by atoms with van der Waals surface area (Å²) in [4.78, 5) is 1.17. The van der Waals surface area contributed by atoms with Crippen molar-refractivity contribution >= 4 is 11.8 Å². The Morgan fingerprint density at radius 1 is 0.556 bits per heavy atom. The van der Waals surface area contributed by atoms with E-state index in [4.69, 9.17) is 18.9 Å². The molecule has 0 aromatic heterocycles. The summed E-state index contributed by atoms with van der Waals surface area (Å²) in [5, 5.41) is -0.0787. The van der Waals surface area contributed by atoms with Crippen LogP contribution in [0.2, 0.25) is 0 Å². The van der Waals surface area contributed by atoms with Crippen LogP contribution in [0.15, 0.2) is 150 Å². The second-order valence-electron chi connectivity index (χ2n) is 11.4. The number of hydrogen-bond acceptors (Lipinski definition) is 5. The second kappa shape index (κ2) is 16.0. The van der Waals surface area contributed by atoms with Gasteiger partial charge >= 0.3 is 0 Å². The monoisotopic (exact) mass is 616 g/mol. The number of hydrogen-bond donors (Lipinski definition) is 0. The predicted molar refractivity (Wildman–Crippen MR) is 181 cm³/mol. The Hall–Kier alpha value is -3.71. The normalized spacial score (nSPS) is 21.4. The van der Waals surface area contributed by atoms with Gasteiger partial charge in [-0.2, -0.15) is 0 Å². The molecular weight excluding hydrogens is 577 g/mol. The standard InChI is InChI=1S/C40H40O4S/c1-30-22-24-35(25-23-30)45-40-37(34-20-12-5-13-21-34)44-36(29-41-26-31-14-6-2-7-15-31)38(42-27-32-16-8-3-9-17-32)39(40)43-28-33-18-10-4-11-19-33/h2-25,36-40H,26-29H2,1H3/t36-,37-,38-,39+,40-/m1/s1. The molecule has 0 N–H and O–H groups in total. The van der Waals surface area contributed by atoms with Crippen LogP contribution in [-0.4, -0.2) is 30.2 Å². The van der Waals surface area contributed by atoms with Crippen LogP contribution < -0.4 is 0 Å². The molecular formula is C40H40O4S. The van der Waals surface area contributed by atoms with Crippen LogP contribution in [0, 0.1) is 6.92 Å². The van der Waals surface area contributed by atoms with Crippen LogP contribution in [0.1, 0.15) is 33.9 Å². The van der Waals surface area contributed by atoms with Gasteiger partial charge < -0.3 is 18.9 Å². The first-order valence-electron chi connectivity index (χ1n) is 15.6. The highest BCUT2D eigenvalue weighted by atomic mass is 32.2. The summed E-state index contributed by atoms with van der Waals surface area (Å²) in [6, 6.07) is 50.1. The molecule has 1 fully saturated rings. The van der Waals surface area contributed by atoms with Crippen molar-refractivity contribution in [3.8, 4) is 0 Å². The Morgan fingerprint density at radius 3 is 1.60 bits per heavy atom. The molecule has 5 heteroatoms. The maximum absolute atomic E-state index is 7.05. The molecule has 1 aliphatic heterocycles. The van der Waals surface area contributed by atoms with E-state index in [2.05, 4.69) is 104 Å². The molecule has 6 rings (SSSR count). The average Bonchev–Trinajstić information content (AvgIpc) is 3.10. The van der Waals surface area contributed by atoms with Crippen molar-refractivity contribution in [3.05, 3.63) is 173 Å². The summed E-state index contributed by atoms with van der Waals surface area (Å²) >= 11 is 1.80. The van der Waals surface area contributed by atoms with E-state index in [0.717, 1.165) is 22.3 Å². The molecule has 0 aliphatic carbocycles. The fourth-order valence-electron chi connectivity index (χ4n) is 5.65. The zero-order valence-electron chi connectivity index (χ0n) is 25.6. The quantitative estimate of drug-likeness (QED) is 0.132. The molecule has 5 atom stereocenters. The van der Waals surface area contributed by atoms with Gasteiger partial charge in [-0.15, -0.1) is 11.8 Å². The first kappa shape index (κ1) is 31.3. The Labute approximate surface area is 271 Å². The first-order chi connectivity index (χ1) is 22.2. The van der Waals surface area contributed by atoms with E-state index < -0.39 is 0 Å². The molecule has 0 saturated carbocycles. The van der Waals surface area contributed by atoms with Gasteiger partial charge in [-0.3, -0.25) is 0 Å². The molecule has 45 heavy (non-hydrogen) atoms. The van der Waals surface area contributed by atoms with Gasteiger partial charge in [-0.05, 0) is 41.3 Å². The van der Waals surface area contributed by atoms with Gasteiger partial charge in [-0.1, -0.05) is 139 Å². The van der Waals surface area contributed by atoms with E-state index in [1.54, 1.807) is 11.8 Å². The van der Waals surface area contributed by atoms with E-state index >= 15 is 0 Å². The summed E-state index contributed by atoms with van der Waals surface area (Å²) < 4.78 is 27.1. The Morgan fingerprint density at radius 2 is 1.04 bits per heavy atom. The Kier molecular flexibility index (Phi) is 11.1.